The fourth-order valence-corrected chi connectivity index (χ4v) is 2.47. The maximum absolute atomic E-state index is 11.4. The standard InChI is InChI=1S/C13H16N4O3S/c1-15-21(19,20)7-6-10-2-4-12(5-3-10)17-9-11(8-16-17)13(14)18/h2-5,8-9,15H,6-7H2,1H3,(H2,14,18). The lowest BCUT2D eigenvalue weighted by molar-refractivity contribution is 0.100. The van der Waals surface area contributed by atoms with Crippen molar-refractivity contribution in [3.8, 4) is 5.69 Å². The zero-order chi connectivity index (χ0) is 15.5. The van der Waals surface area contributed by atoms with Gasteiger partial charge < -0.3 is 5.73 Å². The number of nitrogens with zero attached hydrogens (tertiary/aromatic N) is 2. The van der Waals surface area contributed by atoms with E-state index in [0.717, 1.165) is 11.3 Å². The molecule has 7 nitrogen and oxygen atoms in total. The highest BCUT2D eigenvalue weighted by Crippen LogP contribution is 2.11. The smallest absolute Gasteiger partial charge is 0.251 e. The Balaban J connectivity index is 2.09. The van der Waals surface area contributed by atoms with Crippen LogP contribution < -0.4 is 10.5 Å². The SMILES string of the molecule is CNS(=O)(=O)CCc1ccc(-n2cc(C(N)=O)cn2)cc1. The normalized spacial score (nSPS) is 11.5. The second-order valence-corrected chi connectivity index (χ2v) is 6.52. The maximum Gasteiger partial charge on any atom is 0.251 e. The Hall–Kier alpha value is -2.19. The fraction of sp³-hybridized carbons (Fsp3) is 0.231. The van der Waals surface area contributed by atoms with Gasteiger partial charge in [-0.2, -0.15) is 5.10 Å². The van der Waals surface area contributed by atoms with Crippen LogP contribution in [0, 0.1) is 0 Å². The topological polar surface area (TPSA) is 107 Å². The lowest BCUT2D eigenvalue weighted by atomic mass is 10.1. The molecule has 0 aliphatic carbocycles. The molecule has 0 bridgehead atoms. The zero-order valence-corrected chi connectivity index (χ0v) is 12.3. The molecule has 8 heteroatoms. The van der Waals surface area contributed by atoms with Crippen molar-refractivity contribution in [2.24, 2.45) is 5.73 Å². The summed E-state index contributed by atoms with van der Waals surface area (Å²) in [5, 5.41) is 4.05. The molecule has 0 atom stereocenters. The molecular weight excluding hydrogens is 292 g/mol. The van der Waals surface area contributed by atoms with Gasteiger partial charge >= 0.3 is 0 Å². The highest BCUT2D eigenvalue weighted by molar-refractivity contribution is 7.89. The first-order chi connectivity index (χ1) is 9.91. The van der Waals surface area contributed by atoms with Crippen LogP contribution in [-0.4, -0.2) is 36.9 Å². The van der Waals surface area contributed by atoms with Gasteiger partial charge in [-0.25, -0.2) is 17.8 Å². The molecule has 0 aliphatic heterocycles. The van der Waals surface area contributed by atoms with E-state index in [1.54, 1.807) is 18.3 Å². The Kier molecular flexibility index (Phi) is 4.39. The average Bonchev–Trinajstić information content (AvgIpc) is 2.96. The van der Waals surface area contributed by atoms with Crippen LogP contribution in [0.5, 0.6) is 0 Å². The number of aromatic nitrogens is 2. The summed E-state index contributed by atoms with van der Waals surface area (Å²) in [5.41, 5.74) is 7.17. The predicted octanol–water partition coefficient (Wildman–Crippen LogP) is 0.0629. The first kappa shape index (κ1) is 15.2. The third kappa shape index (κ3) is 3.89. The number of primary amides is 1. The summed E-state index contributed by atoms with van der Waals surface area (Å²) in [5.74, 6) is -0.494. The average molecular weight is 308 g/mol. The summed E-state index contributed by atoms with van der Waals surface area (Å²) in [6.07, 6.45) is 3.37. The Morgan fingerprint density at radius 1 is 1.33 bits per heavy atom. The van der Waals surface area contributed by atoms with Crippen molar-refractivity contribution in [2.75, 3.05) is 12.8 Å². The number of aryl methyl sites for hydroxylation is 1. The number of nitrogens with two attached hydrogens (primary N) is 1. The molecule has 21 heavy (non-hydrogen) atoms. The van der Waals surface area contributed by atoms with E-state index in [1.807, 2.05) is 12.1 Å². The van der Waals surface area contributed by atoms with Crippen LogP contribution in [0.1, 0.15) is 15.9 Å². The number of nitrogens with one attached hydrogen (secondary N) is 1. The monoisotopic (exact) mass is 308 g/mol. The first-order valence-electron chi connectivity index (χ1n) is 6.26. The molecule has 0 fully saturated rings. The molecule has 1 aromatic carbocycles. The number of rotatable bonds is 6. The van der Waals surface area contributed by atoms with Crippen LogP contribution in [0.3, 0.4) is 0 Å². The van der Waals surface area contributed by atoms with E-state index in [1.165, 1.54) is 17.9 Å². The van der Waals surface area contributed by atoms with E-state index in [2.05, 4.69) is 9.82 Å². The molecule has 1 heterocycles. The number of carbonyl (C=O) groups is 1. The van der Waals surface area contributed by atoms with Gasteiger partial charge in [0.25, 0.3) is 5.91 Å². The van der Waals surface area contributed by atoms with Crippen LogP contribution in [0.4, 0.5) is 0 Å². The maximum atomic E-state index is 11.4. The largest absolute Gasteiger partial charge is 0.366 e. The minimum absolute atomic E-state index is 0.0381. The molecule has 0 radical (unpaired) electrons. The van der Waals surface area contributed by atoms with Gasteiger partial charge in [0.1, 0.15) is 0 Å². The van der Waals surface area contributed by atoms with Crippen molar-refractivity contribution >= 4 is 15.9 Å². The molecule has 1 aromatic heterocycles. The molecular formula is C13H16N4O3S. The summed E-state index contributed by atoms with van der Waals surface area (Å²) < 4.78 is 26.5. The molecule has 0 unspecified atom stereocenters. The van der Waals surface area contributed by atoms with Gasteiger partial charge in [0.15, 0.2) is 0 Å². The number of sulfonamides is 1. The van der Waals surface area contributed by atoms with Crippen molar-refractivity contribution in [3.05, 3.63) is 47.8 Å². The van der Waals surface area contributed by atoms with Crippen LogP contribution in [0.15, 0.2) is 36.7 Å². The van der Waals surface area contributed by atoms with E-state index in [-0.39, 0.29) is 5.75 Å². The number of hydrogen-bond donors (Lipinski definition) is 2. The van der Waals surface area contributed by atoms with Gasteiger partial charge in [-0.3, -0.25) is 4.79 Å². The van der Waals surface area contributed by atoms with Crippen molar-refractivity contribution in [1.29, 1.82) is 0 Å². The van der Waals surface area contributed by atoms with Gasteiger partial charge in [-0.1, -0.05) is 12.1 Å². The number of benzene rings is 1. The fourth-order valence-electron chi connectivity index (χ4n) is 1.76. The third-order valence-electron chi connectivity index (χ3n) is 3.04. The second-order valence-electron chi connectivity index (χ2n) is 4.48. The van der Waals surface area contributed by atoms with Crippen molar-refractivity contribution < 1.29 is 13.2 Å². The van der Waals surface area contributed by atoms with E-state index >= 15 is 0 Å². The Morgan fingerprint density at radius 2 is 2.00 bits per heavy atom. The van der Waals surface area contributed by atoms with Crippen LogP contribution in [0.2, 0.25) is 0 Å². The quantitative estimate of drug-likeness (QED) is 0.787. The molecule has 0 saturated carbocycles. The zero-order valence-electron chi connectivity index (χ0n) is 11.5. The lowest BCUT2D eigenvalue weighted by Crippen LogP contribution is -2.23. The second kappa shape index (κ2) is 6.06. The summed E-state index contributed by atoms with van der Waals surface area (Å²) >= 11 is 0. The summed E-state index contributed by atoms with van der Waals surface area (Å²) in [7, 11) is -1.81. The summed E-state index contributed by atoms with van der Waals surface area (Å²) in [4.78, 5) is 11.0. The van der Waals surface area contributed by atoms with Crippen LogP contribution in [-0.2, 0) is 16.4 Å². The third-order valence-corrected chi connectivity index (χ3v) is 4.40. The first-order valence-corrected chi connectivity index (χ1v) is 7.91. The van der Waals surface area contributed by atoms with Gasteiger partial charge in [0.2, 0.25) is 10.0 Å². The molecule has 0 spiro atoms. The molecule has 1 amide bonds. The molecule has 3 N–H and O–H groups in total. The van der Waals surface area contributed by atoms with Gasteiger partial charge in [0.05, 0.1) is 23.2 Å². The Labute approximate surface area is 122 Å². The highest BCUT2D eigenvalue weighted by atomic mass is 32.2. The van der Waals surface area contributed by atoms with E-state index in [9.17, 15) is 13.2 Å². The molecule has 112 valence electrons. The minimum atomic E-state index is -3.21. The molecule has 0 aliphatic rings. The minimum Gasteiger partial charge on any atom is -0.366 e. The summed E-state index contributed by atoms with van der Waals surface area (Å²) in [6, 6.07) is 7.26. The number of hydrogen-bond acceptors (Lipinski definition) is 4. The van der Waals surface area contributed by atoms with Crippen molar-refractivity contribution in [1.82, 2.24) is 14.5 Å². The van der Waals surface area contributed by atoms with Crippen LogP contribution in [0.25, 0.3) is 5.69 Å². The van der Waals surface area contributed by atoms with Gasteiger partial charge in [-0.15, -0.1) is 0 Å². The number of amides is 1. The number of carbonyl (C=O) groups excluding carboxylic acids is 1. The van der Waals surface area contributed by atoms with E-state index in [4.69, 9.17) is 5.73 Å². The predicted molar refractivity (Wildman–Crippen MR) is 78.6 cm³/mol. The van der Waals surface area contributed by atoms with Gasteiger partial charge in [0, 0.05) is 6.20 Å². The molecule has 2 aromatic rings. The Morgan fingerprint density at radius 3 is 2.52 bits per heavy atom. The van der Waals surface area contributed by atoms with Crippen molar-refractivity contribution in [3.63, 3.8) is 0 Å². The van der Waals surface area contributed by atoms with Crippen LogP contribution >= 0.6 is 0 Å². The van der Waals surface area contributed by atoms with Gasteiger partial charge in [-0.05, 0) is 31.2 Å². The van der Waals surface area contributed by atoms with Crippen molar-refractivity contribution in [2.45, 2.75) is 6.42 Å². The highest BCUT2D eigenvalue weighted by Gasteiger charge is 2.08. The Bertz CT molecular complexity index is 735. The molecule has 2 rings (SSSR count). The molecule has 0 saturated heterocycles. The van der Waals surface area contributed by atoms with E-state index < -0.39 is 15.9 Å². The van der Waals surface area contributed by atoms with E-state index in [0.29, 0.717) is 12.0 Å². The lowest BCUT2D eigenvalue weighted by Gasteiger charge is -2.05. The summed E-state index contributed by atoms with van der Waals surface area (Å²) in [6.45, 7) is 0.